The Kier molecular flexibility index (Phi) is 4.63. The third-order valence-electron chi connectivity index (χ3n) is 4.22. The number of carbonyl (C=O) groups excluding carboxylic acids is 1. The van der Waals surface area contributed by atoms with Crippen molar-refractivity contribution in [2.75, 3.05) is 13.2 Å². The fourth-order valence-corrected chi connectivity index (χ4v) is 3.05. The minimum Gasteiger partial charge on any atom is -0.486 e. The quantitative estimate of drug-likeness (QED) is 0.927. The van der Waals surface area contributed by atoms with Crippen molar-refractivity contribution in [3.63, 3.8) is 0 Å². The summed E-state index contributed by atoms with van der Waals surface area (Å²) >= 11 is 0. The molecule has 21 heavy (non-hydrogen) atoms. The summed E-state index contributed by atoms with van der Waals surface area (Å²) in [4.78, 5) is 12.0. The number of ether oxygens (including phenoxy) is 2. The number of aryl methyl sites for hydroxylation is 1. The van der Waals surface area contributed by atoms with Crippen LogP contribution in [-0.2, 0) is 11.2 Å². The minimum absolute atomic E-state index is 0.164. The van der Waals surface area contributed by atoms with E-state index in [1.54, 1.807) is 0 Å². The van der Waals surface area contributed by atoms with E-state index in [9.17, 15) is 4.79 Å². The number of carbonyl (C=O) groups is 1. The zero-order valence-electron chi connectivity index (χ0n) is 12.4. The summed E-state index contributed by atoms with van der Waals surface area (Å²) in [6.45, 7) is 1.20. The molecule has 114 valence electrons. The predicted octanol–water partition coefficient (Wildman–Crippen LogP) is 2.84. The van der Waals surface area contributed by atoms with Crippen LogP contribution < -0.4 is 14.8 Å². The summed E-state index contributed by atoms with van der Waals surface area (Å²) in [5.41, 5.74) is 1.12. The first-order valence-electron chi connectivity index (χ1n) is 7.99. The number of rotatable bonds is 4. The van der Waals surface area contributed by atoms with Crippen molar-refractivity contribution in [3.8, 4) is 11.5 Å². The Hall–Kier alpha value is -1.71. The molecule has 1 saturated carbocycles. The molecule has 4 heteroatoms. The maximum Gasteiger partial charge on any atom is 0.220 e. The number of benzene rings is 1. The van der Waals surface area contributed by atoms with Crippen LogP contribution >= 0.6 is 0 Å². The molecule has 1 aliphatic heterocycles. The van der Waals surface area contributed by atoms with Crippen LogP contribution in [0.4, 0.5) is 0 Å². The van der Waals surface area contributed by atoms with Crippen molar-refractivity contribution in [1.29, 1.82) is 0 Å². The van der Waals surface area contributed by atoms with E-state index in [0.29, 0.717) is 25.7 Å². The predicted molar refractivity (Wildman–Crippen MR) is 80.8 cm³/mol. The lowest BCUT2D eigenvalue weighted by Gasteiger charge is -2.22. The Morgan fingerprint density at radius 2 is 1.86 bits per heavy atom. The molecule has 1 N–H and O–H groups in total. The molecule has 1 aromatic rings. The highest BCUT2D eigenvalue weighted by Crippen LogP contribution is 2.31. The van der Waals surface area contributed by atoms with Gasteiger partial charge in [-0.2, -0.15) is 0 Å². The van der Waals surface area contributed by atoms with E-state index in [4.69, 9.17) is 9.47 Å². The van der Waals surface area contributed by atoms with Crippen LogP contribution in [0.1, 0.15) is 44.1 Å². The standard InChI is InChI=1S/C17H23NO3/c19-17(18-14-4-2-1-3-5-14)9-7-13-6-8-15-16(12-13)21-11-10-20-15/h6,8,12,14H,1-5,7,9-11H2,(H,18,19). The zero-order valence-corrected chi connectivity index (χ0v) is 12.4. The summed E-state index contributed by atoms with van der Waals surface area (Å²) in [5.74, 6) is 1.76. The van der Waals surface area contributed by atoms with Gasteiger partial charge in [0, 0.05) is 12.5 Å². The average molecular weight is 289 g/mol. The van der Waals surface area contributed by atoms with Gasteiger partial charge in [-0.25, -0.2) is 0 Å². The van der Waals surface area contributed by atoms with Crippen LogP contribution in [0.25, 0.3) is 0 Å². The molecule has 0 aromatic heterocycles. The molecule has 0 saturated heterocycles. The highest BCUT2D eigenvalue weighted by atomic mass is 16.6. The van der Waals surface area contributed by atoms with E-state index < -0.39 is 0 Å². The highest BCUT2D eigenvalue weighted by molar-refractivity contribution is 5.76. The van der Waals surface area contributed by atoms with Gasteiger partial charge in [0.05, 0.1) is 0 Å². The molecule has 1 fully saturated rings. The van der Waals surface area contributed by atoms with Crippen molar-refractivity contribution in [2.24, 2.45) is 0 Å². The van der Waals surface area contributed by atoms with E-state index in [1.807, 2.05) is 18.2 Å². The lowest BCUT2D eigenvalue weighted by molar-refractivity contribution is -0.121. The summed E-state index contributed by atoms with van der Waals surface area (Å²) in [5, 5.41) is 3.16. The fourth-order valence-electron chi connectivity index (χ4n) is 3.05. The fraction of sp³-hybridized carbons (Fsp3) is 0.588. The molecule has 0 atom stereocenters. The molecule has 3 rings (SSSR count). The topological polar surface area (TPSA) is 47.6 Å². The van der Waals surface area contributed by atoms with E-state index in [0.717, 1.165) is 36.3 Å². The van der Waals surface area contributed by atoms with Gasteiger partial charge in [0.1, 0.15) is 13.2 Å². The van der Waals surface area contributed by atoms with Crippen LogP contribution in [0, 0.1) is 0 Å². The first-order valence-corrected chi connectivity index (χ1v) is 7.99. The van der Waals surface area contributed by atoms with Gasteiger partial charge in [-0.3, -0.25) is 4.79 Å². The number of amides is 1. The Morgan fingerprint density at radius 1 is 1.10 bits per heavy atom. The number of nitrogens with one attached hydrogen (secondary N) is 1. The van der Waals surface area contributed by atoms with Crippen molar-refractivity contribution in [3.05, 3.63) is 23.8 Å². The second-order valence-electron chi connectivity index (χ2n) is 5.88. The van der Waals surface area contributed by atoms with Gasteiger partial charge in [-0.05, 0) is 37.0 Å². The maximum atomic E-state index is 12.0. The Bertz CT molecular complexity index is 495. The molecule has 1 amide bonds. The summed E-state index contributed by atoms with van der Waals surface area (Å²) in [6.07, 6.45) is 7.35. The van der Waals surface area contributed by atoms with Gasteiger partial charge < -0.3 is 14.8 Å². The molecule has 4 nitrogen and oxygen atoms in total. The minimum atomic E-state index is 0.164. The smallest absolute Gasteiger partial charge is 0.220 e. The SMILES string of the molecule is O=C(CCc1ccc2c(c1)OCCO2)NC1CCCCC1. The Labute approximate surface area is 125 Å². The van der Waals surface area contributed by atoms with Crippen molar-refractivity contribution in [1.82, 2.24) is 5.32 Å². The monoisotopic (exact) mass is 289 g/mol. The highest BCUT2D eigenvalue weighted by Gasteiger charge is 2.16. The number of hydrogen-bond acceptors (Lipinski definition) is 3. The summed E-state index contributed by atoms with van der Waals surface area (Å²) < 4.78 is 11.1. The average Bonchev–Trinajstić information content (AvgIpc) is 2.54. The molecule has 1 heterocycles. The van der Waals surface area contributed by atoms with Crippen LogP contribution in [0.15, 0.2) is 18.2 Å². The van der Waals surface area contributed by atoms with Crippen molar-refractivity contribution in [2.45, 2.75) is 51.0 Å². The zero-order chi connectivity index (χ0) is 14.5. The first kappa shape index (κ1) is 14.2. The molecular weight excluding hydrogens is 266 g/mol. The molecular formula is C17H23NO3. The van der Waals surface area contributed by atoms with Crippen LogP contribution in [0.5, 0.6) is 11.5 Å². The van der Waals surface area contributed by atoms with E-state index in [-0.39, 0.29) is 5.91 Å². The largest absolute Gasteiger partial charge is 0.486 e. The van der Waals surface area contributed by atoms with Gasteiger partial charge in [0.25, 0.3) is 0 Å². The Morgan fingerprint density at radius 3 is 2.67 bits per heavy atom. The third-order valence-corrected chi connectivity index (χ3v) is 4.22. The molecule has 1 aromatic carbocycles. The van der Waals surface area contributed by atoms with E-state index in [2.05, 4.69) is 5.32 Å². The van der Waals surface area contributed by atoms with Gasteiger partial charge in [-0.1, -0.05) is 25.3 Å². The van der Waals surface area contributed by atoms with Gasteiger partial charge >= 0.3 is 0 Å². The molecule has 0 unspecified atom stereocenters. The number of fused-ring (bicyclic) bond motifs is 1. The lowest BCUT2D eigenvalue weighted by Crippen LogP contribution is -2.36. The maximum absolute atomic E-state index is 12.0. The second-order valence-corrected chi connectivity index (χ2v) is 5.88. The van der Waals surface area contributed by atoms with Crippen LogP contribution in [0.2, 0.25) is 0 Å². The third kappa shape index (κ3) is 3.90. The van der Waals surface area contributed by atoms with Crippen molar-refractivity contribution < 1.29 is 14.3 Å². The molecule has 0 radical (unpaired) electrons. The first-order chi connectivity index (χ1) is 10.3. The van der Waals surface area contributed by atoms with Gasteiger partial charge in [0.2, 0.25) is 5.91 Å². The summed E-state index contributed by atoms with van der Waals surface area (Å²) in [7, 11) is 0. The van der Waals surface area contributed by atoms with E-state index in [1.165, 1.54) is 19.3 Å². The lowest BCUT2D eigenvalue weighted by atomic mass is 9.95. The Balaban J connectivity index is 1.49. The second kappa shape index (κ2) is 6.83. The van der Waals surface area contributed by atoms with Crippen LogP contribution in [0.3, 0.4) is 0 Å². The molecule has 1 aliphatic carbocycles. The summed E-state index contributed by atoms with van der Waals surface area (Å²) in [6, 6.07) is 6.33. The van der Waals surface area contributed by atoms with Crippen molar-refractivity contribution >= 4 is 5.91 Å². The van der Waals surface area contributed by atoms with Gasteiger partial charge in [-0.15, -0.1) is 0 Å². The van der Waals surface area contributed by atoms with E-state index >= 15 is 0 Å². The molecule has 0 spiro atoms. The molecule has 0 bridgehead atoms. The van der Waals surface area contributed by atoms with Crippen LogP contribution in [-0.4, -0.2) is 25.2 Å². The normalized spacial score (nSPS) is 18.3. The molecule has 2 aliphatic rings. The van der Waals surface area contributed by atoms with Gasteiger partial charge in [0.15, 0.2) is 11.5 Å². The number of hydrogen-bond donors (Lipinski definition) is 1.